The van der Waals surface area contributed by atoms with Crippen LogP contribution in [0.4, 0.5) is 5.82 Å². The van der Waals surface area contributed by atoms with Crippen LogP contribution in [0, 0.1) is 6.92 Å². The van der Waals surface area contributed by atoms with Crippen LogP contribution in [0.25, 0.3) is 11.3 Å². The molecule has 1 N–H and O–H groups in total. The second-order valence-corrected chi connectivity index (χ2v) is 6.29. The summed E-state index contributed by atoms with van der Waals surface area (Å²) in [4.78, 5) is 29.1. The number of anilines is 1. The van der Waals surface area contributed by atoms with Gasteiger partial charge < -0.3 is 10.1 Å². The molecule has 7 nitrogen and oxygen atoms in total. The highest BCUT2D eigenvalue weighted by atomic mass is 16.5. The lowest BCUT2D eigenvalue weighted by Gasteiger charge is -2.15. The van der Waals surface area contributed by atoms with Crippen molar-refractivity contribution in [3.8, 4) is 17.0 Å². The summed E-state index contributed by atoms with van der Waals surface area (Å²) in [6, 6.07) is 13.3. The standard InChI is InChI=1S/C21H22N4O3/c1-4-28-17-9-7-16(8-10-17)18-11-12-19(26)25(24-18)15(3)21(27)23-20-14(2)6-5-13-22-20/h5-13,15H,4H2,1-3H3,(H,22,23,27). The first kappa shape index (κ1) is 19.3. The SMILES string of the molecule is CCOc1ccc(-c2ccc(=O)n(C(C)C(=O)Nc3ncccc3C)n2)cc1. The summed E-state index contributed by atoms with van der Waals surface area (Å²) in [6.45, 7) is 5.99. The molecule has 2 aromatic heterocycles. The van der Waals surface area contributed by atoms with E-state index in [1.54, 1.807) is 25.3 Å². The van der Waals surface area contributed by atoms with E-state index in [9.17, 15) is 9.59 Å². The summed E-state index contributed by atoms with van der Waals surface area (Å²) >= 11 is 0. The van der Waals surface area contributed by atoms with Crippen LogP contribution in [0.1, 0.15) is 25.5 Å². The first-order chi connectivity index (χ1) is 13.5. The van der Waals surface area contributed by atoms with Gasteiger partial charge in [-0.2, -0.15) is 5.10 Å². The van der Waals surface area contributed by atoms with E-state index >= 15 is 0 Å². The van der Waals surface area contributed by atoms with Crippen molar-refractivity contribution in [3.63, 3.8) is 0 Å². The Morgan fingerprint density at radius 3 is 2.61 bits per heavy atom. The molecule has 3 aromatic rings. The smallest absolute Gasteiger partial charge is 0.267 e. The average Bonchev–Trinajstić information content (AvgIpc) is 2.70. The van der Waals surface area contributed by atoms with Crippen molar-refractivity contribution in [1.29, 1.82) is 0 Å². The van der Waals surface area contributed by atoms with Gasteiger partial charge in [-0.1, -0.05) is 6.07 Å². The predicted octanol–water partition coefficient (Wildman–Crippen LogP) is 3.21. The first-order valence-electron chi connectivity index (χ1n) is 9.05. The number of nitrogens with zero attached hydrogens (tertiary/aromatic N) is 3. The highest BCUT2D eigenvalue weighted by Crippen LogP contribution is 2.20. The fraction of sp³-hybridized carbons (Fsp3) is 0.238. The monoisotopic (exact) mass is 378 g/mol. The Morgan fingerprint density at radius 2 is 1.93 bits per heavy atom. The Hall–Kier alpha value is -3.48. The van der Waals surface area contributed by atoms with E-state index in [0.717, 1.165) is 16.9 Å². The molecule has 0 aliphatic rings. The number of pyridine rings is 1. The molecule has 28 heavy (non-hydrogen) atoms. The van der Waals surface area contributed by atoms with Crippen LogP contribution >= 0.6 is 0 Å². The van der Waals surface area contributed by atoms with Gasteiger partial charge in [0.2, 0.25) is 5.91 Å². The van der Waals surface area contributed by atoms with Gasteiger partial charge in [0.25, 0.3) is 5.56 Å². The molecule has 144 valence electrons. The third kappa shape index (κ3) is 4.25. The number of hydrogen-bond donors (Lipinski definition) is 1. The van der Waals surface area contributed by atoms with Crippen LogP contribution in [0.15, 0.2) is 59.5 Å². The van der Waals surface area contributed by atoms with E-state index in [-0.39, 0.29) is 11.5 Å². The number of aromatic nitrogens is 3. The second-order valence-electron chi connectivity index (χ2n) is 6.29. The minimum Gasteiger partial charge on any atom is -0.494 e. The van der Waals surface area contributed by atoms with Gasteiger partial charge in [-0.3, -0.25) is 9.59 Å². The molecule has 1 atom stereocenters. The molecule has 1 amide bonds. The molecular formula is C21H22N4O3. The van der Waals surface area contributed by atoms with Gasteiger partial charge in [-0.05, 0) is 62.7 Å². The van der Waals surface area contributed by atoms with E-state index < -0.39 is 6.04 Å². The lowest BCUT2D eigenvalue weighted by atomic mass is 10.1. The molecule has 1 unspecified atom stereocenters. The third-order valence-electron chi connectivity index (χ3n) is 4.28. The molecule has 7 heteroatoms. The normalized spacial score (nSPS) is 11.7. The van der Waals surface area contributed by atoms with Crippen molar-refractivity contribution in [2.45, 2.75) is 26.8 Å². The first-order valence-corrected chi connectivity index (χ1v) is 9.05. The summed E-state index contributed by atoms with van der Waals surface area (Å²) in [5.41, 5.74) is 1.91. The van der Waals surface area contributed by atoms with E-state index in [4.69, 9.17) is 4.74 Å². The van der Waals surface area contributed by atoms with Crippen molar-refractivity contribution in [2.75, 3.05) is 11.9 Å². The topological polar surface area (TPSA) is 86.1 Å². The summed E-state index contributed by atoms with van der Waals surface area (Å²) in [5, 5.41) is 7.14. The summed E-state index contributed by atoms with van der Waals surface area (Å²) in [5.74, 6) is 0.869. The Morgan fingerprint density at radius 1 is 1.18 bits per heavy atom. The van der Waals surface area contributed by atoms with Crippen molar-refractivity contribution >= 4 is 11.7 Å². The van der Waals surface area contributed by atoms with E-state index in [0.29, 0.717) is 18.1 Å². The highest BCUT2D eigenvalue weighted by Gasteiger charge is 2.19. The second kappa shape index (κ2) is 8.47. The largest absolute Gasteiger partial charge is 0.494 e. The Balaban J connectivity index is 1.85. The minimum atomic E-state index is -0.795. The number of hydrogen-bond acceptors (Lipinski definition) is 5. The van der Waals surface area contributed by atoms with Gasteiger partial charge in [-0.15, -0.1) is 0 Å². The van der Waals surface area contributed by atoms with Crippen LogP contribution in [0.2, 0.25) is 0 Å². The number of carbonyl (C=O) groups is 1. The van der Waals surface area contributed by atoms with Gasteiger partial charge >= 0.3 is 0 Å². The zero-order valence-corrected chi connectivity index (χ0v) is 16.0. The number of amides is 1. The Labute approximate surface area is 163 Å². The molecule has 0 fully saturated rings. The van der Waals surface area contributed by atoms with Crippen LogP contribution in [0.5, 0.6) is 5.75 Å². The van der Waals surface area contributed by atoms with Gasteiger partial charge in [0, 0.05) is 17.8 Å². The highest BCUT2D eigenvalue weighted by molar-refractivity contribution is 5.93. The lowest BCUT2D eigenvalue weighted by molar-refractivity contribution is -0.119. The number of nitrogens with one attached hydrogen (secondary N) is 1. The molecule has 0 aliphatic heterocycles. The number of aryl methyl sites for hydroxylation is 1. The van der Waals surface area contributed by atoms with Crippen LogP contribution in [0.3, 0.4) is 0 Å². The number of rotatable bonds is 6. The number of ether oxygens (including phenoxy) is 1. The van der Waals surface area contributed by atoms with Crippen molar-refractivity contribution < 1.29 is 9.53 Å². The van der Waals surface area contributed by atoms with Gasteiger partial charge in [0.15, 0.2) is 0 Å². The molecule has 0 bridgehead atoms. The summed E-state index contributed by atoms with van der Waals surface area (Å²) < 4.78 is 6.62. The summed E-state index contributed by atoms with van der Waals surface area (Å²) in [6.07, 6.45) is 1.60. The van der Waals surface area contributed by atoms with Crippen molar-refractivity contribution in [2.24, 2.45) is 0 Å². The quantitative estimate of drug-likeness (QED) is 0.712. The Kier molecular flexibility index (Phi) is 5.84. The Bertz CT molecular complexity index is 1030. The predicted molar refractivity (Wildman–Crippen MR) is 107 cm³/mol. The molecule has 0 spiro atoms. The fourth-order valence-electron chi connectivity index (χ4n) is 2.69. The molecule has 0 saturated carbocycles. The third-order valence-corrected chi connectivity index (χ3v) is 4.28. The molecule has 1 aromatic carbocycles. The van der Waals surface area contributed by atoms with Crippen molar-refractivity contribution in [3.05, 3.63) is 70.6 Å². The van der Waals surface area contributed by atoms with Crippen LogP contribution in [-0.4, -0.2) is 27.3 Å². The van der Waals surface area contributed by atoms with Gasteiger partial charge in [0.05, 0.1) is 12.3 Å². The minimum absolute atomic E-state index is 0.352. The number of carbonyl (C=O) groups excluding carboxylic acids is 1. The maximum atomic E-state index is 12.6. The summed E-state index contributed by atoms with van der Waals surface area (Å²) in [7, 11) is 0. The van der Waals surface area contributed by atoms with Gasteiger partial charge in [-0.25, -0.2) is 9.67 Å². The maximum Gasteiger partial charge on any atom is 0.267 e. The molecule has 3 rings (SSSR count). The van der Waals surface area contributed by atoms with E-state index in [2.05, 4.69) is 15.4 Å². The van der Waals surface area contributed by atoms with Gasteiger partial charge in [0.1, 0.15) is 17.6 Å². The molecule has 0 radical (unpaired) electrons. The molecule has 0 saturated heterocycles. The number of benzene rings is 1. The molecule has 2 heterocycles. The fourth-order valence-corrected chi connectivity index (χ4v) is 2.69. The molecular weight excluding hydrogens is 356 g/mol. The maximum absolute atomic E-state index is 12.6. The zero-order valence-electron chi connectivity index (χ0n) is 16.0. The van der Waals surface area contributed by atoms with Crippen LogP contribution < -0.4 is 15.6 Å². The van der Waals surface area contributed by atoms with Crippen LogP contribution in [-0.2, 0) is 4.79 Å². The van der Waals surface area contributed by atoms with E-state index in [1.165, 1.54) is 10.7 Å². The zero-order chi connectivity index (χ0) is 20.1. The van der Waals surface area contributed by atoms with E-state index in [1.807, 2.05) is 44.2 Å². The average molecular weight is 378 g/mol. The van der Waals surface area contributed by atoms with Crippen molar-refractivity contribution in [1.82, 2.24) is 14.8 Å². The lowest BCUT2D eigenvalue weighted by Crippen LogP contribution is -2.33. The molecule has 0 aliphatic carbocycles.